The van der Waals surface area contributed by atoms with E-state index in [4.69, 9.17) is 9.72 Å². The molecule has 1 N–H and O–H groups in total. The Morgan fingerprint density at radius 1 is 1.24 bits per heavy atom. The maximum atomic E-state index is 13.2. The second-order valence-electron chi connectivity index (χ2n) is 10.0. The molecule has 0 radical (unpaired) electrons. The van der Waals surface area contributed by atoms with E-state index in [1.54, 1.807) is 18.0 Å². The van der Waals surface area contributed by atoms with Gasteiger partial charge in [0, 0.05) is 68.4 Å². The van der Waals surface area contributed by atoms with E-state index in [-0.39, 0.29) is 11.9 Å². The highest BCUT2D eigenvalue weighted by Crippen LogP contribution is 2.36. The van der Waals surface area contributed by atoms with E-state index in [0.29, 0.717) is 24.2 Å². The van der Waals surface area contributed by atoms with Crippen molar-refractivity contribution < 1.29 is 9.53 Å². The van der Waals surface area contributed by atoms with Gasteiger partial charge in [-0.2, -0.15) is 0 Å². The number of amides is 1. The maximum absolute atomic E-state index is 13.2. The van der Waals surface area contributed by atoms with Crippen molar-refractivity contribution in [2.45, 2.75) is 38.8 Å². The predicted octanol–water partition coefficient (Wildman–Crippen LogP) is 2.76. The van der Waals surface area contributed by atoms with Gasteiger partial charge in [-0.05, 0) is 50.6 Å². The molecule has 194 valence electrons. The lowest BCUT2D eigenvalue weighted by Gasteiger charge is -2.40. The van der Waals surface area contributed by atoms with E-state index in [9.17, 15) is 4.79 Å². The molecule has 0 spiro atoms. The summed E-state index contributed by atoms with van der Waals surface area (Å²) in [6, 6.07) is 8.28. The number of nitrogens with one attached hydrogen (secondary N) is 1. The first-order valence-corrected chi connectivity index (χ1v) is 12.8. The second kappa shape index (κ2) is 10.4. The van der Waals surface area contributed by atoms with Crippen molar-refractivity contribution in [2.75, 3.05) is 39.1 Å². The molecule has 2 aromatic heterocycles. The average Bonchev–Trinajstić information content (AvgIpc) is 3.49. The summed E-state index contributed by atoms with van der Waals surface area (Å²) >= 11 is 0. The fourth-order valence-electron chi connectivity index (χ4n) is 5.18. The molecule has 2 aliphatic rings. The van der Waals surface area contributed by atoms with Gasteiger partial charge in [0.25, 0.3) is 0 Å². The smallest absolute Gasteiger partial charge is 0.241 e. The number of hydrogen-bond donors (Lipinski definition) is 1. The predicted molar refractivity (Wildman–Crippen MR) is 144 cm³/mol. The van der Waals surface area contributed by atoms with Crippen LogP contribution in [0, 0.1) is 0 Å². The van der Waals surface area contributed by atoms with Gasteiger partial charge in [0.1, 0.15) is 5.82 Å². The molecular formula is C28H35N7O2. The molecule has 0 saturated carbocycles. The van der Waals surface area contributed by atoms with Crippen molar-refractivity contribution >= 4 is 17.2 Å². The molecule has 3 aromatic rings. The molecule has 1 saturated heterocycles. The maximum Gasteiger partial charge on any atom is 0.241 e. The number of carbonyl (C=O) groups is 1. The molecule has 1 fully saturated rings. The number of piperazine rings is 1. The number of aromatic nitrogens is 4. The Bertz CT molecular complexity index is 1330. The number of fused-ring (bicyclic) bond motifs is 1. The van der Waals surface area contributed by atoms with Gasteiger partial charge in [-0.25, -0.2) is 9.97 Å². The van der Waals surface area contributed by atoms with E-state index in [2.05, 4.69) is 51.3 Å². The lowest BCUT2D eigenvalue weighted by atomic mass is 10.0. The van der Waals surface area contributed by atoms with Gasteiger partial charge < -0.3 is 15.0 Å². The Morgan fingerprint density at radius 2 is 2.08 bits per heavy atom. The molecule has 1 aliphatic carbocycles. The Morgan fingerprint density at radius 3 is 2.86 bits per heavy atom. The van der Waals surface area contributed by atoms with Crippen molar-refractivity contribution in [2.24, 2.45) is 7.05 Å². The van der Waals surface area contributed by atoms with Crippen LogP contribution in [0.15, 0.2) is 42.7 Å². The zero-order valence-electron chi connectivity index (χ0n) is 22.2. The highest BCUT2D eigenvalue weighted by molar-refractivity contribution is 5.97. The van der Waals surface area contributed by atoms with Crippen LogP contribution in [0.4, 0.5) is 5.69 Å². The van der Waals surface area contributed by atoms with Crippen LogP contribution >= 0.6 is 0 Å². The van der Waals surface area contributed by atoms with E-state index in [0.717, 1.165) is 59.7 Å². The molecule has 1 amide bonds. The number of likely N-dealkylation sites (N-methyl/N-ethyl adjacent to an activating group) is 1. The molecule has 37 heavy (non-hydrogen) atoms. The molecule has 0 bridgehead atoms. The average molecular weight is 502 g/mol. The van der Waals surface area contributed by atoms with Gasteiger partial charge >= 0.3 is 0 Å². The number of anilines is 1. The Labute approximate surface area is 218 Å². The van der Waals surface area contributed by atoms with Crippen molar-refractivity contribution in [3.8, 4) is 5.88 Å². The van der Waals surface area contributed by atoms with Crippen molar-refractivity contribution in [3.05, 3.63) is 70.9 Å². The number of benzene rings is 1. The van der Waals surface area contributed by atoms with Crippen LogP contribution in [0.2, 0.25) is 0 Å². The summed E-state index contributed by atoms with van der Waals surface area (Å²) in [5, 5.41) is 7.54. The third-order valence-corrected chi connectivity index (χ3v) is 7.54. The lowest BCUT2D eigenvalue weighted by Crippen LogP contribution is -2.55. The number of aryl methyl sites for hydroxylation is 1. The topological polar surface area (TPSA) is 88.4 Å². The van der Waals surface area contributed by atoms with E-state index in [1.807, 2.05) is 38.4 Å². The van der Waals surface area contributed by atoms with Gasteiger partial charge in [0.05, 0.1) is 18.8 Å². The first-order chi connectivity index (χ1) is 17.8. The van der Waals surface area contributed by atoms with Crippen molar-refractivity contribution in [1.82, 2.24) is 29.5 Å². The minimum Gasteiger partial charge on any atom is -0.480 e. The van der Waals surface area contributed by atoms with Crippen LogP contribution in [0.1, 0.15) is 42.1 Å². The normalized spacial score (nSPS) is 18.8. The zero-order chi connectivity index (χ0) is 26.1. The summed E-state index contributed by atoms with van der Waals surface area (Å²) in [5.41, 5.74) is 5.97. The molecule has 9 nitrogen and oxygen atoms in total. The van der Waals surface area contributed by atoms with Gasteiger partial charge in [-0.1, -0.05) is 18.2 Å². The summed E-state index contributed by atoms with van der Waals surface area (Å²) < 4.78 is 7.12. The zero-order valence-corrected chi connectivity index (χ0v) is 22.2. The van der Waals surface area contributed by atoms with Gasteiger partial charge in [-0.3, -0.25) is 14.4 Å². The number of ether oxygens (including phenoxy) is 1. The fraction of sp³-hybridized carbons (Fsp3) is 0.429. The third-order valence-electron chi connectivity index (χ3n) is 7.54. The number of rotatable bonds is 7. The van der Waals surface area contributed by atoms with E-state index >= 15 is 0 Å². The van der Waals surface area contributed by atoms with E-state index < -0.39 is 0 Å². The van der Waals surface area contributed by atoms with Crippen LogP contribution < -0.4 is 10.1 Å². The van der Waals surface area contributed by atoms with Crippen molar-refractivity contribution in [3.63, 3.8) is 0 Å². The molecule has 9 heteroatoms. The molecule has 1 aromatic carbocycles. The largest absolute Gasteiger partial charge is 0.480 e. The van der Waals surface area contributed by atoms with Crippen LogP contribution in [0.3, 0.4) is 0 Å². The summed E-state index contributed by atoms with van der Waals surface area (Å²) in [6.07, 6.45) is 7.19. The highest BCUT2D eigenvalue weighted by Gasteiger charge is 2.29. The van der Waals surface area contributed by atoms with E-state index in [1.165, 1.54) is 0 Å². The summed E-state index contributed by atoms with van der Waals surface area (Å²) in [4.78, 5) is 27.1. The Balaban J connectivity index is 1.32. The Hall–Kier alpha value is -3.56. The van der Waals surface area contributed by atoms with Gasteiger partial charge in [0.2, 0.25) is 11.8 Å². The lowest BCUT2D eigenvalue weighted by molar-refractivity contribution is -0.121. The third kappa shape index (κ3) is 5.14. The first kappa shape index (κ1) is 25.1. The SMILES string of the molecule is COc1nn(C)cc1Cc1nccc(C2=CCc3c(NC(=O)[C@@H](C)N4CCN(C)[C@@H](C)C4)cccc32)n1. The highest BCUT2D eigenvalue weighted by atomic mass is 16.5. The molecule has 0 unspecified atom stereocenters. The van der Waals surface area contributed by atoms with Crippen LogP contribution in [0.25, 0.3) is 5.57 Å². The minimum absolute atomic E-state index is 0.0355. The van der Waals surface area contributed by atoms with Crippen molar-refractivity contribution in [1.29, 1.82) is 0 Å². The Kier molecular flexibility index (Phi) is 7.08. The second-order valence-corrected chi connectivity index (χ2v) is 10.0. The minimum atomic E-state index is -0.185. The summed E-state index contributed by atoms with van der Waals surface area (Å²) in [7, 11) is 5.62. The van der Waals surface area contributed by atoms with Gasteiger partial charge in [0.15, 0.2) is 0 Å². The molecular weight excluding hydrogens is 466 g/mol. The molecule has 5 rings (SSSR count). The fourth-order valence-corrected chi connectivity index (χ4v) is 5.18. The monoisotopic (exact) mass is 501 g/mol. The quantitative estimate of drug-likeness (QED) is 0.533. The van der Waals surface area contributed by atoms with Crippen LogP contribution in [0.5, 0.6) is 5.88 Å². The first-order valence-electron chi connectivity index (χ1n) is 12.8. The molecule has 3 heterocycles. The van der Waals surface area contributed by atoms with Crippen LogP contribution in [-0.2, 0) is 24.7 Å². The molecule has 1 aliphatic heterocycles. The summed E-state index contributed by atoms with van der Waals surface area (Å²) in [6.45, 7) is 6.97. The number of hydrogen-bond acceptors (Lipinski definition) is 7. The number of nitrogens with zero attached hydrogens (tertiary/aromatic N) is 6. The number of methoxy groups -OCH3 is 1. The summed E-state index contributed by atoms with van der Waals surface area (Å²) in [5.74, 6) is 1.33. The molecule has 2 atom stereocenters. The van der Waals surface area contributed by atoms with Crippen LogP contribution in [-0.4, -0.2) is 81.3 Å². The van der Waals surface area contributed by atoms with Gasteiger partial charge in [-0.15, -0.1) is 5.10 Å². The number of carbonyl (C=O) groups excluding carboxylic acids is 1. The number of allylic oxidation sites excluding steroid dienone is 1. The standard InChI is InChI=1S/C28H35N7O2/c1-18-16-35(14-13-33(18)3)19(2)27(36)31-24-8-6-7-21-22(24)9-10-23(21)25-11-12-29-26(30-25)15-20-17-34(4)32-28(20)37-5/h6-8,10-12,17-19H,9,13-16H2,1-5H3,(H,31,36)/t18-,19+/m0/s1.